The predicted molar refractivity (Wildman–Crippen MR) is 71.0 cm³/mol. The van der Waals surface area contributed by atoms with Gasteiger partial charge in [0, 0.05) is 38.1 Å². The highest BCUT2D eigenvalue weighted by Crippen LogP contribution is 2.32. The first kappa shape index (κ1) is 13.8. The second-order valence-corrected chi connectivity index (χ2v) is 5.95. The van der Waals surface area contributed by atoms with E-state index in [1.807, 2.05) is 4.90 Å². The average Bonchev–Trinajstić information content (AvgIpc) is 2.81. The van der Waals surface area contributed by atoms with Crippen molar-refractivity contribution < 1.29 is 9.53 Å². The smallest absolute Gasteiger partial charge is 0.226 e. The molecule has 4 unspecified atom stereocenters. The molecule has 1 aliphatic heterocycles. The summed E-state index contributed by atoms with van der Waals surface area (Å²) in [5.74, 6) is 1.32. The maximum Gasteiger partial charge on any atom is 0.226 e. The first-order chi connectivity index (χ1) is 8.63. The summed E-state index contributed by atoms with van der Waals surface area (Å²) < 4.78 is 5.18. The molecular weight excluding hydrogens is 228 g/mol. The van der Waals surface area contributed by atoms with E-state index in [0.717, 1.165) is 45.4 Å². The van der Waals surface area contributed by atoms with Crippen molar-refractivity contribution in [1.82, 2.24) is 4.90 Å². The summed E-state index contributed by atoms with van der Waals surface area (Å²) >= 11 is 0. The van der Waals surface area contributed by atoms with Crippen LogP contribution in [0.3, 0.4) is 0 Å². The number of nitrogens with zero attached hydrogens (tertiary/aromatic N) is 1. The van der Waals surface area contributed by atoms with Crippen molar-refractivity contribution in [2.75, 3.05) is 26.8 Å². The molecule has 0 aromatic rings. The van der Waals surface area contributed by atoms with E-state index < -0.39 is 0 Å². The SMILES string of the molecule is COCC1CCN(C(=O)C2CCCC(N)C2C)C1. The molecule has 4 heteroatoms. The third-order valence-electron chi connectivity index (χ3n) is 4.68. The Balaban J connectivity index is 1.91. The van der Waals surface area contributed by atoms with Gasteiger partial charge in [0.1, 0.15) is 0 Å². The van der Waals surface area contributed by atoms with Gasteiger partial charge in [-0.05, 0) is 25.2 Å². The zero-order valence-electron chi connectivity index (χ0n) is 11.6. The Morgan fingerprint density at radius 3 is 2.89 bits per heavy atom. The van der Waals surface area contributed by atoms with E-state index in [-0.39, 0.29) is 12.0 Å². The van der Waals surface area contributed by atoms with Crippen LogP contribution in [0.15, 0.2) is 0 Å². The molecule has 0 spiro atoms. The van der Waals surface area contributed by atoms with Crippen LogP contribution in [0, 0.1) is 17.8 Å². The number of nitrogens with two attached hydrogens (primary N) is 1. The minimum absolute atomic E-state index is 0.148. The molecule has 0 radical (unpaired) electrons. The average molecular weight is 254 g/mol. The summed E-state index contributed by atoms with van der Waals surface area (Å²) in [6.45, 7) is 4.66. The van der Waals surface area contributed by atoms with Crippen molar-refractivity contribution in [3.63, 3.8) is 0 Å². The van der Waals surface area contributed by atoms with E-state index in [4.69, 9.17) is 10.5 Å². The third kappa shape index (κ3) is 2.86. The molecule has 2 rings (SSSR count). The van der Waals surface area contributed by atoms with Gasteiger partial charge in [0.05, 0.1) is 6.61 Å². The molecule has 1 heterocycles. The highest BCUT2D eigenvalue weighted by atomic mass is 16.5. The molecule has 104 valence electrons. The van der Waals surface area contributed by atoms with Crippen molar-refractivity contribution in [3.05, 3.63) is 0 Å². The molecular formula is C14H26N2O2. The van der Waals surface area contributed by atoms with Crippen LogP contribution in [-0.4, -0.2) is 43.7 Å². The van der Waals surface area contributed by atoms with Gasteiger partial charge in [0.25, 0.3) is 0 Å². The molecule has 4 nitrogen and oxygen atoms in total. The Kier molecular flexibility index (Phi) is 4.62. The van der Waals surface area contributed by atoms with Gasteiger partial charge in [-0.2, -0.15) is 0 Å². The highest BCUT2D eigenvalue weighted by Gasteiger charge is 2.37. The van der Waals surface area contributed by atoms with Gasteiger partial charge in [0.15, 0.2) is 0 Å². The number of rotatable bonds is 3. The number of amides is 1. The molecule has 0 aromatic heterocycles. The molecule has 2 aliphatic rings. The summed E-state index contributed by atoms with van der Waals surface area (Å²) in [6, 6.07) is 0.199. The molecule has 2 N–H and O–H groups in total. The van der Waals surface area contributed by atoms with Crippen molar-refractivity contribution in [3.8, 4) is 0 Å². The van der Waals surface area contributed by atoms with Crippen LogP contribution in [0.1, 0.15) is 32.6 Å². The number of carbonyl (C=O) groups excluding carboxylic acids is 1. The molecule has 4 atom stereocenters. The number of methoxy groups -OCH3 is 1. The van der Waals surface area contributed by atoms with Crippen LogP contribution >= 0.6 is 0 Å². The van der Waals surface area contributed by atoms with Crippen molar-refractivity contribution in [1.29, 1.82) is 0 Å². The van der Waals surface area contributed by atoms with Crippen LogP contribution < -0.4 is 5.73 Å². The Hall–Kier alpha value is -0.610. The van der Waals surface area contributed by atoms with Crippen LogP contribution in [0.25, 0.3) is 0 Å². The maximum atomic E-state index is 12.5. The minimum atomic E-state index is 0.148. The highest BCUT2D eigenvalue weighted by molar-refractivity contribution is 5.79. The maximum absolute atomic E-state index is 12.5. The fraction of sp³-hybridized carbons (Fsp3) is 0.929. The lowest BCUT2D eigenvalue weighted by molar-refractivity contribution is -0.137. The quantitative estimate of drug-likeness (QED) is 0.824. The number of likely N-dealkylation sites (tertiary alicyclic amines) is 1. The molecule has 1 saturated carbocycles. The second-order valence-electron chi connectivity index (χ2n) is 5.95. The lowest BCUT2D eigenvalue weighted by Crippen LogP contribution is -2.45. The monoisotopic (exact) mass is 254 g/mol. The summed E-state index contributed by atoms with van der Waals surface area (Å²) in [5, 5.41) is 0. The molecule has 2 fully saturated rings. The summed E-state index contributed by atoms with van der Waals surface area (Å²) in [6.07, 6.45) is 4.25. The van der Waals surface area contributed by atoms with Gasteiger partial charge in [0.2, 0.25) is 5.91 Å². The summed E-state index contributed by atoms with van der Waals surface area (Å²) in [7, 11) is 1.73. The van der Waals surface area contributed by atoms with Gasteiger partial charge in [-0.15, -0.1) is 0 Å². The minimum Gasteiger partial charge on any atom is -0.384 e. The Labute approximate surface area is 110 Å². The Bertz CT molecular complexity index is 296. The predicted octanol–water partition coefficient (Wildman–Crippen LogP) is 1.24. The van der Waals surface area contributed by atoms with Crippen molar-refractivity contribution in [2.45, 2.75) is 38.6 Å². The first-order valence-corrected chi connectivity index (χ1v) is 7.16. The van der Waals surface area contributed by atoms with Crippen molar-refractivity contribution >= 4 is 5.91 Å². The summed E-state index contributed by atoms with van der Waals surface area (Å²) in [5.41, 5.74) is 6.09. The largest absolute Gasteiger partial charge is 0.384 e. The van der Waals surface area contributed by atoms with Gasteiger partial charge in [-0.1, -0.05) is 13.3 Å². The number of carbonyl (C=O) groups is 1. The lowest BCUT2D eigenvalue weighted by Gasteiger charge is -2.35. The van der Waals surface area contributed by atoms with Crippen molar-refractivity contribution in [2.24, 2.45) is 23.5 Å². The van der Waals surface area contributed by atoms with E-state index in [1.54, 1.807) is 7.11 Å². The molecule has 1 saturated heterocycles. The summed E-state index contributed by atoms with van der Waals surface area (Å²) in [4.78, 5) is 14.6. The molecule has 18 heavy (non-hydrogen) atoms. The van der Waals surface area contributed by atoms with E-state index in [2.05, 4.69) is 6.92 Å². The van der Waals surface area contributed by atoms with E-state index in [1.165, 1.54) is 0 Å². The van der Waals surface area contributed by atoms with Gasteiger partial charge in [-0.3, -0.25) is 4.79 Å². The number of hydrogen-bond acceptors (Lipinski definition) is 3. The van der Waals surface area contributed by atoms with Gasteiger partial charge in [-0.25, -0.2) is 0 Å². The number of hydrogen-bond donors (Lipinski definition) is 1. The van der Waals surface area contributed by atoms with Crippen LogP contribution in [0.5, 0.6) is 0 Å². The van der Waals surface area contributed by atoms with E-state index in [9.17, 15) is 4.79 Å². The van der Waals surface area contributed by atoms with E-state index >= 15 is 0 Å². The standard InChI is InChI=1S/C14H26N2O2/c1-10-12(4-3-5-13(10)15)14(17)16-7-6-11(8-16)9-18-2/h10-13H,3-9,15H2,1-2H3. The fourth-order valence-corrected chi connectivity index (χ4v) is 3.39. The zero-order valence-corrected chi connectivity index (χ0v) is 11.6. The van der Waals surface area contributed by atoms with Gasteiger partial charge < -0.3 is 15.4 Å². The Morgan fingerprint density at radius 1 is 1.39 bits per heavy atom. The second kappa shape index (κ2) is 6.02. The first-order valence-electron chi connectivity index (χ1n) is 7.16. The van der Waals surface area contributed by atoms with Gasteiger partial charge >= 0.3 is 0 Å². The third-order valence-corrected chi connectivity index (χ3v) is 4.68. The number of ether oxygens (including phenoxy) is 1. The normalized spacial score (nSPS) is 36.9. The molecule has 0 aromatic carbocycles. The van der Waals surface area contributed by atoms with Crippen LogP contribution in [-0.2, 0) is 9.53 Å². The van der Waals surface area contributed by atoms with Crippen LogP contribution in [0.4, 0.5) is 0 Å². The Morgan fingerprint density at radius 2 is 2.17 bits per heavy atom. The fourth-order valence-electron chi connectivity index (χ4n) is 3.39. The topological polar surface area (TPSA) is 55.6 Å². The lowest BCUT2D eigenvalue weighted by atomic mass is 9.76. The molecule has 1 amide bonds. The van der Waals surface area contributed by atoms with E-state index in [0.29, 0.717) is 17.7 Å². The zero-order chi connectivity index (χ0) is 13.1. The van der Waals surface area contributed by atoms with Crippen LogP contribution in [0.2, 0.25) is 0 Å². The molecule has 0 bridgehead atoms. The molecule has 1 aliphatic carbocycles.